The van der Waals surface area contributed by atoms with Gasteiger partial charge in [0.25, 0.3) is 0 Å². The minimum Gasteiger partial charge on any atom is -0.310 e. The molecule has 0 amide bonds. The van der Waals surface area contributed by atoms with Gasteiger partial charge in [-0.2, -0.15) is 0 Å². The van der Waals surface area contributed by atoms with Crippen LogP contribution >= 0.6 is 11.3 Å². The fourth-order valence-corrected chi connectivity index (χ4v) is 8.46. The number of aromatic nitrogens is 3. The first-order valence-corrected chi connectivity index (χ1v) is 16.4. The summed E-state index contributed by atoms with van der Waals surface area (Å²) in [5.74, 6) is 0. The first kappa shape index (κ1) is 26.0. The van der Waals surface area contributed by atoms with Crippen LogP contribution in [0.5, 0.6) is 0 Å². The van der Waals surface area contributed by atoms with Gasteiger partial charge in [0.05, 0.1) is 34.8 Å². The summed E-state index contributed by atoms with van der Waals surface area (Å²) in [6.07, 6.45) is 3.85. The molecule has 47 heavy (non-hydrogen) atoms. The Bertz CT molecular complexity index is 2880. The van der Waals surface area contributed by atoms with E-state index in [1.54, 1.807) is 0 Å². The number of rotatable bonds is 3. The predicted molar refractivity (Wildman–Crippen MR) is 198 cm³/mol. The molecule has 0 bridgehead atoms. The molecule has 0 unspecified atom stereocenters. The predicted octanol–water partition coefficient (Wildman–Crippen LogP) is 11.9. The Hall–Kier alpha value is -6.22. The van der Waals surface area contributed by atoms with E-state index < -0.39 is 0 Å². The van der Waals surface area contributed by atoms with Crippen molar-refractivity contribution in [3.05, 3.63) is 157 Å². The molecule has 4 nitrogen and oxygen atoms in total. The lowest BCUT2D eigenvalue weighted by Gasteiger charge is -2.13. The molecule has 0 fully saturated rings. The highest BCUT2D eigenvalue weighted by Crippen LogP contribution is 2.41. The Labute approximate surface area is 273 Å². The zero-order valence-electron chi connectivity index (χ0n) is 25.1. The Morgan fingerprint density at radius 2 is 1.19 bits per heavy atom. The van der Waals surface area contributed by atoms with E-state index >= 15 is 0 Å². The molecular weight excluding hydrogens is 593 g/mol. The second kappa shape index (κ2) is 9.89. The minimum absolute atomic E-state index is 0.609. The van der Waals surface area contributed by atoms with Gasteiger partial charge in [-0.05, 0) is 77.9 Å². The topological polar surface area (TPSA) is 27.1 Å². The average Bonchev–Trinajstić information content (AvgIpc) is 3.77. The van der Waals surface area contributed by atoms with Crippen molar-refractivity contribution in [3.63, 3.8) is 0 Å². The van der Waals surface area contributed by atoms with E-state index in [2.05, 4.69) is 140 Å². The molecule has 0 spiro atoms. The summed E-state index contributed by atoms with van der Waals surface area (Å²) >= 11 is 1.84. The highest BCUT2D eigenvalue weighted by atomic mass is 32.1. The molecule has 0 atom stereocenters. The molecule has 10 aromatic rings. The largest absolute Gasteiger partial charge is 0.310 e. The molecule has 10 rings (SSSR count). The van der Waals surface area contributed by atoms with E-state index in [1.807, 2.05) is 35.9 Å². The molecule has 4 aromatic heterocycles. The third-order valence-electron chi connectivity index (χ3n) is 9.37. The lowest BCUT2D eigenvalue weighted by molar-refractivity contribution is 1.17. The minimum atomic E-state index is 0.609. The van der Waals surface area contributed by atoms with E-state index in [4.69, 9.17) is 6.57 Å². The average molecular weight is 617 g/mol. The van der Waals surface area contributed by atoms with Gasteiger partial charge in [0.1, 0.15) is 0 Å². The van der Waals surface area contributed by atoms with Gasteiger partial charge in [0, 0.05) is 59.3 Å². The summed E-state index contributed by atoms with van der Waals surface area (Å²) in [5, 5.41) is 7.38. The summed E-state index contributed by atoms with van der Waals surface area (Å²) in [6.45, 7) is 8.00. The Kier molecular flexibility index (Phi) is 5.48. The maximum atomic E-state index is 8.00. The number of pyridine rings is 1. The fraction of sp³-hybridized carbons (Fsp3) is 0. The molecule has 0 aliphatic heterocycles. The van der Waals surface area contributed by atoms with Crippen LogP contribution in [0.1, 0.15) is 0 Å². The fourth-order valence-electron chi connectivity index (χ4n) is 7.34. The molecule has 4 heterocycles. The monoisotopic (exact) mass is 616 g/mol. The van der Waals surface area contributed by atoms with E-state index in [9.17, 15) is 0 Å². The zero-order chi connectivity index (χ0) is 31.1. The quantitative estimate of drug-likeness (QED) is 0.181. The molecular formula is C42H24N4S. The molecule has 5 heteroatoms. The van der Waals surface area contributed by atoms with E-state index in [0.717, 1.165) is 44.6 Å². The highest BCUT2D eigenvalue weighted by molar-refractivity contribution is 7.25. The van der Waals surface area contributed by atoms with Crippen LogP contribution in [0.2, 0.25) is 0 Å². The standard InChI is InChI=1S/C42H24N4S/c1-43-28-19-27(21-30(22-28)46-37-14-5-2-11-31(37)32-12-3-6-15-38(32)46)26-9-8-10-29(20-26)45-39-24-42-36(34-13-4-7-16-41(34)47-42)23-35(39)33-17-18-44-25-40(33)45/h2-25H. The molecule has 6 aromatic carbocycles. The molecule has 0 radical (unpaired) electrons. The van der Waals surface area contributed by atoms with Crippen LogP contribution in [-0.2, 0) is 0 Å². The van der Waals surface area contributed by atoms with E-state index in [0.29, 0.717) is 5.69 Å². The second-order valence-electron chi connectivity index (χ2n) is 12.0. The number of fused-ring (bicyclic) bond motifs is 9. The lowest BCUT2D eigenvalue weighted by Crippen LogP contribution is -1.96. The van der Waals surface area contributed by atoms with Crippen LogP contribution in [0, 0.1) is 6.57 Å². The maximum Gasteiger partial charge on any atom is 0.189 e. The van der Waals surface area contributed by atoms with Crippen LogP contribution < -0.4 is 0 Å². The number of hydrogen-bond donors (Lipinski definition) is 0. The number of benzene rings is 6. The van der Waals surface area contributed by atoms with Crippen molar-refractivity contribution in [3.8, 4) is 22.5 Å². The Morgan fingerprint density at radius 1 is 0.489 bits per heavy atom. The van der Waals surface area contributed by atoms with Gasteiger partial charge < -0.3 is 9.13 Å². The van der Waals surface area contributed by atoms with Crippen molar-refractivity contribution in [2.45, 2.75) is 0 Å². The summed E-state index contributed by atoms with van der Waals surface area (Å²) in [6, 6.07) is 47.3. The van der Waals surface area contributed by atoms with Crippen molar-refractivity contribution < 1.29 is 0 Å². The normalized spacial score (nSPS) is 11.8. The molecule has 0 saturated heterocycles. The number of nitrogens with zero attached hydrogens (tertiary/aromatic N) is 4. The first-order valence-electron chi connectivity index (χ1n) is 15.6. The third-order valence-corrected chi connectivity index (χ3v) is 10.5. The van der Waals surface area contributed by atoms with Crippen LogP contribution in [0.4, 0.5) is 5.69 Å². The van der Waals surface area contributed by atoms with Crippen molar-refractivity contribution in [2.75, 3.05) is 0 Å². The number of para-hydroxylation sites is 2. The van der Waals surface area contributed by atoms with Crippen molar-refractivity contribution >= 4 is 80.8 Å². The maximum absolute atomic E-state index is 8.00. The second-order valence-corrected chi connectivity index (χ2v) is 13.0. The lowest BCUT2D eigenvalue weighted by atomic mass is 10.0. The Balaban J connectivity index is 1.20. The van der Waals surface area contributed by atoms with Gasteiger partial charge in [-0.15, -0.1) is 11.3 Å². The van der Waals surface area contributed by atoms with Crippen LogP contribution in [0.3, 0.4) is 0 Å². The zero-order valence-corrected chi connectivity index (χ0v) is 25.9. The van der Waals surface area contributed by atoms with Gasteiger partial charge in [0.2, 0.25) is 0 Å². The van der Waals surface area contributed by atoms with Crippen LogP contribution in [-0.4, -0.2) is 14.1 Å². The smallest absolute Gasteiger partial charge is 0.189 e. The van der Waals surface area contributed by atoms with Gasteiger partial charge in [-0.1, -0.05) is 66.7 Å². The molecule has 218 valence electrons. The first-order chi connectivity index (χ1) is 23.2. The summed E-state index contributed by atoms with van der Waals surface area (Å²) in [7, 11) is 0. The number of hydrogen-bond acceptors (Lipinski definition) is 2. The van der Waals surface area contributed by atoms with Crippen LogP contribution in [0.15, 0.2) is 146 Å². The van der Waals surface area contributed by atoms with Crippen molar-refractivity contribution in [1.29, 1.82) is 0 Å². The van der Waals surface area contributed by atoms with Crippen molar-refractivity contribution in [1.82, 2.24) is 14.1 Å². The third kappa shape index (κ3) is 3.83. The van der Waals surface area contributed by atoms with E-state index in [-0.39, 0.29) is 0 Å². The van der Waals surface area contributed by atoms with Crippen LogP contribution in [0.25, 0.3) is 91.1 Å². The van der Waals surface area contributed by atoms with Gasteiger partial charge in [0.15, 0.2) is 5.69 Å². The molecule has 0 N–H and O–H groups in total. The molecule has 0 aliphatic rings. The summed E-state index contributed by atoms with van der Waals surface area (Å²) in [5.41, 5.74) is 9.18. The molecule has 0 aliphatic carbocycles. The van der Waals surface area contributed by atoms with Gasteiger partial charge in [-0.3, -0.25) is 4.98 Å². The Morgan fingerprint density at radius 3 is 2.00 bits per heavy atom. The van der Waals surface area contributed by atoms with Gasteiger partial charge in [-0.25, -0.2) is 4.85 Å². The summed E-state index contributed by atoms with van der Waals surface area (Å²) < 4.78 is 7.18. The van der Waals surface area contributed by atoms with E-state index in [1.165, 1.54) is 41.7 Å². The highest BCUT2D eigenvalue weighted by Gasteiger charge is 2.17. The SMILES string of the molecule is [C-]#[N+]c1cc(-c2cccc(-n3c4cnccc4c4cc5c(cc43)sc3ccccc35)c2)cc(-n2c3ccccc3c3ccccc32)c1. The molecule has 0 saturated carbocycles. The van der Waals surface area contributed by atoms with Gasteiger partial charge >= 0.3 is 0 Å². The summed E-state index contributed by atoms with van der Waals surface area (Å²) in [4.78, 5) is 8.45. The van der Waals surface area contributed by atoms with Crippen molar-refractivity contribution in [2.24, 2.45) is 0 Å². The number of thiophene rings is 1.